The fourth-order valence-corrected chi connectivity index (χ4v) is 15.3. The molecule has 1 aromatic rings. The van der Waals surface area contributed by atoms with Crippen LogP contribution in [0.15, 0.2) is 24.3 Å². The van der Waals surface area contributed by atoms with E-state index in [0.717, 1.165) is 76.4 Å². The first-order valence-corrected chi connectivity index (χ1v) is 57.3. The molecule has 0 saturated heterocycles. The molecule has 0 aromatic heterocycles. The van der Waals surface area contributed by atoms with Crippen molar-refractivity contribution in [2.75, 3.05) is 139 Å². The topological polar surface area (TPSA) is 532 Å². The smallest absolute Gasteiger partial charge is 0.747 e. The van der Waals surface area contributed by atoms with Crippen LogP contribution in [0.3, 0.4) is 0 Å². The summed E-state index contributed by atoms with van der Waals surface area (Å²) in [6, 6.07) is 6.50. The van der Waals surface area contributed by atoms with Crippen LogP contribution >= 0.6 is 0 Å². The molecule has 2 amide bonds. The van der Waals surface area contributed by atoms with E-state index in [1.807, 2.05) is 47.6 Å². The number of carboxylic acids is 4. The summed E-state index contributed by atoms with van der Waals surface area (Å²) in [7, 11) is -19.2. The summed E-state index contributed by atoms with van der Waals surface area (Å²) in [5, 5.41) is 39.6. The van der Waals surface area contributed by atoms with Gasteiger partial charge in [-0.25, -0.2) is 25.8 Å². The van der Waals surface area contributed by atoms with Crippen LogP contribution < -0.4 is 232 Å². The third-order valence-electron chi connectivity index (χ3n) is 20.9. The second-order valence-electron chi connectivity index (χ2n) is 32.6. The van der Waals surface area contributed by atoms with E-state index in [1.165, 1.54) is 230 Å². The number of aryl methyl sites for hydroxylation is 1. The minimum atomic E-state index is -5.20. The number of carbonyl (C=O) groups excluding carboxylic acids is 5. The molecule has 0 aliphatic carbocycles. The second-order valence-corrected chi connectivity index (χ2v) is 37.9. The molecule has 0 radical (unpaired) electrons. The quantitative estimate of drug-likeness (QED) is 0.0207. The number of aliphatic carboxylic acids is 4. The maximum atomic E-state index is 12.6. The molecular formula is C99H191N2Na7O33S4+2. The Kier molecular flexibility index (Phi) is 165. The first-order valence-electron chi connectivity index (χ1n) is 51.6. The molecule has 35 nitrogen and oxygen atoms in total. The van der Waals surface area contributed by atoms with Crippen molar-refractivity contribution in [3.05, 3.63) is 29.8 Å². The first-order chi connectivity index (χ1) is 65.8. The number of nitrogens with zero attached hydrogens (tertiary/aromatic N) is 1. The molecule has 145 heavy (non-hydrogen) atoms. The third-order valence-corrected chi connectivity index (χ3v) is 24.0. The molecule has 4 N–H and O–H groups in total. The minimum absolute atomic E-state index is 0. The molecule has 1 aromatic carbocycles. The molecule has 0 aliphatic heterocycles. The molecule has 1 rings (SSSR count). The second kappa shape index (κ2) is 135. The molecule has 0 saturated carbocycles. The molecule has 0 spiro atoms. The molecule has 3 atom stereocenters. The Hall–Kier alpha value is 2.08. The van der Waals surface area contributed by atoms with Gasteiger partial charge in [-0.15, -0.1) is 0 Å². The number of hydrogen-bond donors (Lipinski definition) is 4. The third kappa shape index (κ3) is 140. The predicted octanol–water partition coefficient (Wildman–Crippen LogP) is -4.47. The number of rotatable bonds is 94. The van der Waals surface area contributed by atoms with Crippen LogP contribution in [0.4, 0.5) is 0 Å². The average molecular weight is 2230 g/mol. The zero-order valence-electron chi connectivity index (χ0n) is 92.8. The molecule has 0 aliphatic rings. The van der Waals surface area contributed by atoms with Crippen molar-refractivity contribution >= 4 is 76.7 Å². The van der Waals surface area contributed by atoms with E-state index in [1.54, 1.807) is 0 Å². The van der Waals surface area contributed by atoms with Crippen LogP contribution in [-0.2, 0) is 122 Å². The number of hydrogen-bond acceptors (Lipinski definition) is 30. The molecule has 2 unspecified atom stereocenters. The number of benzene rings is 1. The summed E-state index contributed by atoms with van der Waals surface area (Å²) < 4.78 is 181. The average Bonchev–Trinajstić information content (AvgIpc) is 0.825. The van der Waals surface area contributed by atoms with Crippen molar-refractivity contribution in [2.24, 2.45) is 0 Å². The zero-order chi connectivity index (χ0) is 104. The van der Waals surface area contributed by atoms with Crippen molar-refractivity contribution in [2.45, 2.75) is 427 Å². The van der Waals surface area contributed by atoms with Gasteiger partial charge in [-0.05, 0) is 49.8 Å². The van der Waals surface area contributed by atoms with Crippen molar-refractivity contribution in [3.63, 3.8) is 0 Å². The summed E-state index contributed by atoms with van der Waals surface area (Å²) in [5.74, 6) is -8.76. The molecule has 0 bridgehead atoms. The van der Waals surface area contributed by atoms with Gasteiger partial charge in [-0.1, -0.05) is 371 Å². The summed E-state index contributed by atoms with van der Waals surface area (Å²) in [5.41, 5.74) is 1.33. The van der Waals surface area contributed by atoms with Gasteiger partial charge in [0, 0.05) is 31.9 Å². The Morgan fingerprint density at radius 2 is 0.634 bits per heavy atom. The number of nitrogens with one attached hydrogen (secondary N) is 1. The fourth-order valence-electron chi connectivity index (χ4n) is 13.5. The van der Waals surface area contributed by atoms with Crippen LogP contribution in [0.25, 0.3) is 0 Å². The molecule has 46 heteroatoms. The van der Waals surface area contributed by atoms with Crippen molar-refractivity contribution in [3.8, 4) is 5.75 Å². The van der Waals surface area contributed by atoms with Gasteiger partial charge < -0.3 is 96.8 Å². The maximum absolute atomic E-state index is 12.6. The number of ether oxygens (including phenoxy) is 9. The van der Waals surface area contributed by atoms with E-state index in [2.05, 4.69) is 59.6 Å². The van der Waals surface area contributed by atoms with Crippen molar-refractivity contribution in [1.29, 1.82) is 0 Å². The minimum Gasteiger partial charge on any atom is -0.747 e. The number of amides is 2. The van der Waals surface area contributed by atoms with Gasteiger partial charge in [0.25, 0.3) is 10.1 Å². The van der Waals surface area contributed by atoms with Crippen molar-refractivity contribution < 1.29 is 359 Å². The standard InChI is InChI=1S/C32H58O13S.C26H47NO10S.C22H43NO6S.C12H26O4S.3C2H6.CH4.7Na/c1-2-3-4-5-6-7-9-31-10-8-11-32(30-31)44-28-26-42-24-22-40-20-18-38-16-14-36-12-13-37-15-17-39-19-21-41-23-25-43-27-29-45-46(33,34)35;1-2-3-4-5-6-7-8-9-10-11-12-13-14-15-16-17-18-27(21(25(31)32)19-24(29)30)23(28)20-22(26(33)34)38(35,36)37;1-2-3-4-5-6-7-8-9-10-11-12-13-14-15-16-17-18-23-21(24)19-20(22(25)26)30(27,28)29;1-2-3-4-5-6-7-8-9-10-11-12-16-17(13,14)15;3*1-2;;;;;;;;/h8,10-11,30H,2-7,9,12-29H2,1H3,(H,33,34,35);21-22H,2-20H2,1H3,(H,29,30)(H,31,32)(H,33,34)(H,35,36,37);20H,2-19H2,1H3,(H,23,24)(H,25,26)(H,27,28,29);2-12H2,1H3,(H,13,14,15);3*1-2H3;1H4;;;;;;;/q;;;;;;;;7*+1/p-5/t;21-,22?;;;;;;;;;;;;;/m.0............./s1. The van der Waals surface area contributed by atoms with Gasteiger partial charge in [0.15, 0.2) is 0 Å². The normalized spacial score (nSPS) is 11.3. The summed E-state index contributed by atoms with van der Waals surface area (Å²) in [6.45, 7) is 28.2. The Labute approximate surface area is 1030 Å². The largest absolute Gasteiger partial charge is 1.00 e. The van der Waals surface area contributed by atoms with Crippen LogP contribution in [-0.4, -0.2) is 253 Å². The maximum Gasteiger partial charge on any atom is 1.00 e. The number of carbonyl (C=O) groups is 6. The van der Waals surface area contributed by atoms with Crippen LogP contribution in [0.5, 0.6) is 5.75 Å². The van der Waals surface area contributed by atoms with Gasteiger partial charge in [0.05, 0.1) is 143 Å². The fraction of sp³-hybridized carbons (Fsp3) is 0.879. The predicted molar refractivity (Wildman–Crippen MR) is 534 cm³/mol. The van der Waals surface area contributed by atoms with Gasteiger partial charge in [0.2, 0.25) is 22.2 Å². The number of carboxylic acid groups (broad SMARTS) is 4. The monoisotopic (exact) mass is 2230 g/mol. The van der Waals surface area contributed by atoms with Gasteiger partial charge in [-0.3, -0.25) is 22.9 Å². The van der Waals surface area contributed by atoms with Crippen molar-refractivity contribution in [1.82, 2.24) is 10.2 Å². The van der Waals surface area contributed by atoms with E-state index < -0.39 is 113 Å². The molecule has 0 heterocycles. The van der Waals surface area contributed by atoms with Crippen LogP contribution in [0, 0.1) is 0 Å². The van der Waals surface area contributed by atoms with E-state index in [4.69, 9.17) is 51.7 Å². The number of unbranched alkanes of at least 4 members (excludes halogenated alkanes) is 44. The van der Waals surface area contributed by atoms with E-state index >= 15 is 0 Å². The van der Waals surface area contributed by atoms with Gasteiger partial charge in [-0.2, -0.15) is 16.8 Å². The summed E-state index contributed by atoms with van der Waals surface area (Å²) >= 11 is 0. The Balaban J connectivity index is -0.000000132. The molecule has 0 fully saturated rings. The summed E-state index contributed by atoms with van der Waals surface area (Å²) in [6.07, 6.45) is 55.0. The van der Waals surface area contributed by atoms with E-state index in [-0.39, 0.29) is 247 Å². The summed E-state index contributed by atoms with van der Waals surface area (Å²) in [4.78, 5) is 69.1. The molecule has 824 valence electrons. The SMILES string of the molecule is C.CC.CC.CC.CCCCCCCCCCCCCCCCCCN(C(=O)CC(C(=O)[O-])S(=O)(=O)O)[C@@H](CC(=O)[O-])C(=O)O.CCCCCCCCCCCCCCCCCCNC(=O)CC(C(=O)[O-])S(=O)(=O)[O-].CCCCCCCCCCCCOS(=O)(=O)[O-].CCCCCCCCc1cccc(OCCOCCOCCOCCOCCOCCOCCOCCOCCOS(=O)(=O)O)c1.[Na+].[Na+].[Na+].[Na+].[Na+].[Na+].[Na+]. The van der Waals surface area contributed by atoms with E-state index in [9.17, 15) is 92.0 Å². The molecular weight excluding hydrogens is 2030 g/mol. The Morgan fingerprint density at radius 3 is 0.910 bits per heavy atom. The Bertz CT molecular complexity index is 3370. The zero-order valence-corrected chi connectivity index (χ0v) is 110. The Morgan fingerprint density at radius 1 is 0.352 bits per heavy atom. The van der Waals surface area contributed by atoms with Gasteiger partial charge in [0.1, 0.15) is 33.8 Å². The van der Waals surface area contributed by atoms with Crippen LogP contribution in [0.2, 0.25) is 0 Å². The van der Waals surface area contributed by atoms with Crippen LogP contribution in [0.1, 0.15) is 410 Å². The van der Waals surface area contributed by atoms with Gasteiger partial charge >= 0.3 is 223 Å². The van der Waals surface area contributed by atoms with E-state index in [0.29, 0.717) is 130 Å². The first kappa shape index (κ1) is 177.